The van der Waals surface area contributed by atoms with Gasteiger partial charge in [0.1, 0.15) is 6.04 Å². The lowest BCUT2D eigenvalue weighted by Gasteiger charge is -2.20. The van der Waals surface area contributed by atoms with Gasteiger partial charge in [-0.2, -0.15) is 0 Å². The molecule has 15 heavy (non-hydrogen) atoms. The molecule has 90 valence electrons. The quantitative estimate of drug-likeness (QED) is 0.616. The number of hydrogen-bond donors (Lipinski definition) is 3. The molecule has 2 unspecified atom stereocenters. The second kappa shape index (κ2) is 7.48. The minimum absolute atomic E-state index is 0. The van der Waals surface area contributed by atoms with Crippen LogP contribution in [-0.2, 0) is 9.59 Å². The summed E-state index contributed by atoms with van der Waals surface area (Å²) in [7, 11) is 0. The van der Waals surface area contributed by atoms with E-state index in [0.717, 1.165) is 0 Å². The van der Waals surface area contributed by atoms with Gasteiger partial charge in [-0.1, -0.05) is 20.8 Å². The lowest BCUT2D eigenvalue weighted by Crippen LogP contribution is -2.52. The van der Waals surface area contributed by atoms with Crippen molar-refractivity contribution < 1.29 is 9.59 Å². The average Bonchev–Trinajstić information content (AvgIpc) is 2.11. The molecule has 0 rings (SSSR count). The molecule has 6 heteroatoms. The highest BCUT2D eigenvalue weighted by Crippen LogP contribution is 2.01. The van der Waals surface area contributed by atoms with Gasteiger partial charge < -0.3 is 16.8 Å². The molecule has 5 nitrogen and oxygen atoms in total. The molecule has 0 aliphatic heterocycles. The molecule has 0 aliphatic carbocycles. The smallest absolute Gasteiger partial charge is 0.240 e. The van der Waals surface area contributed by atoms with Crippen LogP contribution in [0.3, 0.4) is 0 Å². The highest BCUT2D eigenvalue weighted by Gasteiger charge is 2.23. The van der Waals surface area contributed by atoms with E-state index in [1.165, 1.54) is 0 Å². The predicted octanol–water partition coefficient (Wildman–Crippen LogP) is -0.228. The Labute approximate surface area is 96.4 Å². The van der Waals surface area contributed by atoms with Gasteiger partial charge in [0.2, 0.25) is 11.8 Å². The zero-order valence-electron chi connectivity index (χ0n) is 9.32. The lowest BCUT2D eigenvalue weighted by molar-refractivity contribution is -0.129. The van der Waals surface area contributed by atoms with Crippen molar-refractivity contribution in [2.45, 2.75) is 39.3 Å². The third kappa shape index (κ3) is 5.59. The van der Waals surface area contributed by atoms with Gasteiger partial charge in [-0.15, -0.1) is 12.4 Å². The fraction of sp³-hybridized carbons (Fsp3) is 0.778. The normalized spacial score (nSPS) is 13.9. The van der Waals surface area contributed by atoms with Crippen molar-refractivity contribution in [1.82, 2.24) is 5.32 Å². The van der Waals surface area contributed by atoms with Crippen molar-refractivity contribution in [3.63, 3.8) is 0 Å². The van der Waals surface area contributed by atoms with Crippen LogP contribution in [0, 0.1) is 5.92 Å². The molecule has 2 amide bonds. The Kier molecular flexibility index (Phi) is 8.28. The van der Waals surface area contributed by atoms with Crippen LogP contribution in [0.5, 0.6) is 0 Å². The van der Waals surface area contributed by atoms with Gasteiger partial charge in [-0.3, -0.25) is 9.59 Å². The third-order valence-electron chi connectivity index (χ3n) is 2.05. The van der Waals surface area contributed by atoms with E-state index in [4.69, 9.17) is 11.5 Å². The molecule has 5 N–H and O–H groups in total. The summed E-state index contributed by atoms with van der Waals surface area (Å²) in [6.07, 6.45) is 0.537. The minimum Gasteiger partial charge on any atom is -0.368 e. The Bertz CT molecular complexity index is 221. The second-order valence-electron chi connectivity index (χ2n) is 3.65. The monoisotopic (exact) mass is 237 g/mol. The van der Waals surface area contributed by atoms with Crippen molar-refractivity contribution in [1.29, 1.82) is 0 Å². The number of primary amides is 1. The fourth-order valence-corrected chi connectivity index (χ4v) is 1.01. The Morgan fingerprint density at radius 2 is 1.80 bits per heavy atom. The first-order valence-electron chi connectivity index (χ1n) is 4.75. The van der Waals surface area contributed by atoms with E-state index in [-0.39, 0.29) is 24.2 Å². The maximum absolute atomic E-state index is 11.3. The van der Waals surface area contributed by atoms with Gasteiger partial charge in [-0.05, 0) is 12.3 Å². The van der Waals surface area contributed by atoms with E-state index in [2.05, 4.69) is 5.32 Å². The van der Waals surface area contributed by atoms with Crippen LogP contribution in [0.1, 0.15) is 27.2 Å². The fourth-order valence-electron chi connectivity index (χ4n) is 1.01. The SMILES string of the molecule is CCC(N)C(=O)NC(C(N)=O)C(C)C.Cl. The molecule has 0 fully saturated rings. The number of hydrogen-bond acceptors (Lipinski definition) is 3. The molecule has 0 heterocycles. The Morgan fingerprint density at radius 1 is 1.33 bits per heavy atom. The molecule has 0 aromatic rings. The first-order valence-corrected chi connectivity index (χ1v) is 4.75. The predicted molar refractivity (Wildman–Crippen MR) is 61.5 cm³/mol. The Balaban J connectivity index is 0. The molecule has 0 bridgehead atoms. The summed E-state index contributed by atoms with van der Waals surface area (Å²) in [5, 5.41) is 2.53. The number of rotatable bonds is 5. The standard InChI is InChI=1S/C9H19N3O2.ClH/c1-4-6(10)9(14)12-7(5(2)3)8(11)13;/h5-7H,4,10H2,1-3H3,(H2,11,13)(H,12,14);1H. The first kappa shape index (κ1) is 16.6. The van der Waals surface area contributed by atoms with E-state index < -0.39 is 18.0 Å². The number of carbonyl (C=O) groups is 2. The van der Waals surface area contributed by atoms with Gasteiger partial charge >= 0.3 is 0 Å². The topological polar surface area (TPSA) is 98.2 Å². The first-order chi connectivity index (χ1) is 6.40. The molecule has 0 aromatic carbocycles. The summed E-state index contributed by atoms with van der Waals surface area (Å²) in [5.74, 6) is -0.887. The molecule has 2 atom stereocenters. The van der Waals surface area contributed by atoms with Crippen molar-refractivity contribution in [2.75, 3.05) is 0 Å². The number of nitrogens with one attached hydrogen (secondary N) is 1. The Morgan fingerprint density at radius 3 is 2.07 bits per heavy atom. The number of nitrogens with two attached hydrogens (primary N) is 2. The highest BCUT2D eigenvalue weighted by molar-refractivity contribution is 5.88. The van der Waals surface area contributed by atoms with Gasteiger partial charge in [-0.25, -0.2) is 0 Å². The highest BCUT2D eigenvalue weighted by atomic mass is 35.5. The van der Waals surface area contributed by atoms with Crippen LogP contribution in [0.2, 0.25) is 0 Å². The number of amides is 2. The summed E-state index contributed by atoms with van der Waals surface area (Å²) in [4.78, 5) is 22.3. The molecule has 0 spiro atoms. The largest absolute Gasteiger partial charge is 0.368 e. The van der Waals surface area contributed by atoms with E-state index >= 15 is 0 Å². The summed E-state index contributed by atoms with van der Waals surface area (Å²) < 4.78 is 0. The third-order valence-corrected chi connectivity index (χ3v) is 2.05. The Hall–Kier alpha value is -0.810. The average molecular weight is 238 g/mol. The summed E-state index contributed by atoms with van der Waals surface area (Å²) >= 11 is 0. The maximum Gasteiger partial charge on any atom is 0.240 e. The van der Waals surface area contributed by atoms with Gasteiger partial charge in [0.25, 0.3) is 0 Å². The molecule has 0 saturated carbocycles. The van der Waals surface area contributed by atoms with E-state index in [1.54, 1.807) is 6.92 Å². The second-order valence-corrected chi connectivity index (χ2v) is 3.65. The van der Waals surface area contributed by atoms with Crippen LogP contribution in [0.25, 0.3) is 0 Å². The van der Waals surface area contributed by atoms with E-state index in [1.807, 2.05) is 13.8 Å². The van der Waals surface area contributed by atoms with Gasteiger partial charge in [0.15, 0.2) is 0 Å². The van der Waals surface area contributed by atoms with Crippen LogP contribution in [-0.4, -0.2) is 23.9 Å². The van der Waals surface area contributed by atoms with Crippen LogP contribution >= 0.6 is 12.4 Å². The lowest BCUT2D eigenvalue weighted by atomic mass is 10.0. The minimum atomic E-state index is -0.639. The van der Waals surface area contributed by atoms with Crippen LogP contribution in [0.4, 0.5) is 0 Å². The summed E-state index contributed by atoms with van der Waals surface area (Å²) in [6, 6.07) is -1.21. The van der Waals surface area contributed by atoms with Crippen molar-refractivity contribution >= 4 is 24.2 Å². The van der Waals surface area contributed by atoms with Crippen LogP contribution < -0.4 is 16.8 Å². The molecular weight excluding hydrogens is 218 g/mol. The summed E-state index contributed by atoms with van der Waals surface area (Å²) in [5.41, 5.74) is 10.6. The molecule has 0 aromatic heterocycles. The van der Waals surface area contributed by atoms with E-state index in [0.29, 0.717) is 6.42 Å². The maximum atomic E-state index is 11.3. The molecule has 0 aliphatic rings. The van der Waals surface area contributed by atoms with Crippen LogP contribution in [0.15, 0.2) is 0 Å². The van der Waals surface area contributed by atoms with Gasteiger partial charge in [0.05, 0.1) is 6.04 Å². The van der Waals surface area contributed by atoms with E-state index in [9.17, 15) is 9.59 Å². The zero-order chi connectivity index (χ0) is 11.3. The number of halogens is 1. The molecular formula is C9H20ClN3O2. The molecule has 0 saturated heterocycles. The van der Waals surface area contributed by atoms with Gasteiger partial charge in [0, 0.05) is 0 Å². The number of carbonyl (C=O) groups excluding carboxylic acids is 2. The molecule has 0 radical (unpaired) electrons. The zero-order valence-corrected chi connectivity index (χ0v) is 10.1. The van der Waals surface area contributed by atoms with Crippen molar-refractivity contribution in [3.8, 4) is 0 Å². The van der Waals surface area contributed by atoms with Crippen molar-refractivity contribution in [3.05, 3.63) is 0 Å². The summed E-state index contributed by atoms with van der Waals surface area (Å²) in [6.45, 7) is 5.43. The van der Waals surface area contributed by atoms with Crippen molar-refractivity contribution in [2.24, 2.45) is 17.4 Å².